The van der Waals surface area contributed by atoms with Crippen LogP contribution in [0.4, 0.5) is 4.39 Å². The van der Waals surface area contributed by atoms with E-state index in [4.69, 9.17) is 33.2 Å². The number of likely N-dealkylation sites (N-methyl/N-ethyl adjacent to an activating group) is 2. The van der Waals surface area contributed by atoms with E-state index in [1.54, 1.807) is 40.3 Å². The van der Waals surface area contributed by atoms with E-state index in [0.717, 1.165) is 5.56 Å². The van der Waals surface area contributed by atoms with Crippen LogP contribution in [0.5, 0.6) is 5.75 Å². The van der Waals surface area contributed by atoms with Crippen LogP contribution in [0.25, 0.3) is 0 Å². The zero-order valence-corrected chi connectivity index (χ0v) is 48.3. The van der Waals surface area contributed by atoms with Crippen molar-refractivity contribution < 1.29 is 62.8 Å². The molecule has 19 atom stereocenters. The predicted octanol–water partition coefficient (Wildman–Crippen LogP) is 6.88. The first-order valence-electron chi connectivity index (χ1n) is 26.3. The molecule has 2 aromatic rings. The summed E-state index contributed by atoms with van der Waals surface area (Å²) in [6, 6.07) is 6.22. The molecule has 3 heterocycles. The Morgan fingerprint density at radius 3 is 2.36 bits per heavy atom. The number of ether oxygens (including phenoxy) is 7. The standard InChI is InChI=1S/C54H91FIN5O12/c1-16-24-69-43-20-18-40(19-21-43)49(67-14)44(29-55)61-31-41(57-58-61)22-23-59(12)42-25-34(5)70-46(26-42)73-51(54(56,66)27-32(3)30-60(13)37(8)48(63)38(9)62)35(6)47(36(7)52(65)71-33(4)17-2)45-28-53(11,68-15)50(64)39(10)72-45/h16,18-21,31-39,42,44-51,62-64,66H,1,17,22-30H2,2-15H3/t32-,33+,34-,35+,36-,37-,38?,39+,42+,44-,45?,46+,47+,48-,49-,50+,51-,53-,54-/m1/s1. The number of carbonyl (C=O) groups excluding carboxylic acids is 1. The summed E-state index contributed by atoms with van der Waals surface area (Å²) in [5.41, 5.74) is 0.480. The average molecular weight is 1150 g/mol. The highest BCUT2D eigenvalue weighted by Gasteiger charge is 2.54. The minimum absolute atomic E-state index is 0.00184. The van der Waals surface area contributed by atoms with Gasteiger partial charge in [-0.3, -0.25) is 4.79 Å². The lowest BCUT2D eigenvalue weighted by atomic mass is 9.70. The average Bonchev–Trinajstić information content (AvgIpc) is 3.82. The van der Waals surface area contributed by atoms with Crippen LogP contribution in [0.15, 0.2) is 43.1 Å². The molecule has 1 aromatic carbocycles. The molecule has 19 heteroatoms. The van der Waals surface area contributed by atoms with Crippen LogP contribution < -0.4 is 4.74 Å². The van der Waals surface area contributed by atoms with Gasteiger partial charge in [0.25, 0.3) is 0 Å². The van der Waals surface area contributed by atoms with Gasteiger partial charge in [-0.25, -0.2) is 9.07 Å². The number of methoxy groups -OCH3 is 2. The molecule has 0 amide bonds. The van der Waals surface area contributed by atoms with Crippen molar-refractivity contribution in [2.75, 3.05) is 54.7 Å². The van der Waals surface area contributed by atoms with Crippen LogP contribution in [-0.4, -0.2) is 182 Å². The first-order chi connectivity index (χ1) is 34.3. The fourth-order valence-corrected chi connectivity index (χ4v) is 12.3. The first-order valence-corrected chi connectivity index (χ1v) is 27.3. The van der Waals surface area contributed by atoms with E-state index in [0.29, 0.717) is 56.8 Å². The molecule has 2 fully saturated rings. The zero-order chi connectivity index (χ0) is 54.5. The van der Waals surface area contributed by atoms with Crippen molar-refractivity contribution in [3.8, 4) is 5.75 Å². The number of rotatable bonds is 30. The van der Waals surface area contributed by atoms with Gasteiger partial charge in [-0.2, -0.15) is 0 Å². The number of alkyl halides is 2. The molecule has 0 saturated carbocycles. The summed E-state index contributed by atoms with van der Waals surface area (Å²) >= 11 is 2.09. The van der Waals surface area contributed by atoms with Crippen molar-refractivity contribution >= 4 is 28.6 Å². The van der Waals surface area contributed by atoms with E-state index in [-0.39, 0.29) is 43.1 Å². The Balaban J connectivity index is 1.62. The summed E-state index contributed by atoms with van der Waals surface area (Å²) in [4.78, 5) is 18.4. The third-order valence-corrected chi connectivity index (χ3v) is 16.6. The quantitative estimate of drug-likeness (QED) is 0.0273. The molecule has 2 aliphatic heterocycles. The van der Waals surface area contributed by atoms with E-state index in [1.807, 2.05) is 98.7 Å². The van der Waals surface area contributed by atoms with Gasteiger partial charge in [0.15, 0.2) is 6.29 Å². The summed E-state index contributed by atoms with van der Waals surface area (Å²) < 4.78 is 58.5. The maximum absolute atomic E-state index is 14.8. The number of esters is 1. The van der Waals surface area contributed by atoms with Gasteiger partial charge in [0.2, 0.25) is 0 Å². The first kappa shape index (κ1) is 63.1. The zero-order valence-electron chi connectivity index (χ0n) is 46.1. The lowest BCUT2D eigenvalue weighted by molar-refractivity contribution is -0.264. The lowest BCUT2D eigenvalue weighted by Crippen LogP contribution is -2.60. The highest BCUT2D eigenvalue weighted by Crippen LogP contribution is 2.46. The monoisotopic (exact) mass is 1150 g/mol. The molecule has 2 saturated heterocycles. The largest absolute Gasteiger partial charge is 0.490 e. The smallest absolute Gasteiger partial charge is 0.309 e. The number of aliphatic hydroxyl groups excluding tert-OH is 3. The van der Waals surface area contributed by atoms with Crippen molar-refractivity contribution in [3.63, 3.8) is 0 Å². The Morgan fingerprint density at radius 1 is 1.10 bits per heavy atom. The van der Waals surface area contributed by atoms with Crippen LogP contribution >= 0.6 is 22.6 Å². The van der Waals surface area contributed by atoms with Gasteiger partial charge in [0, 0.05) is 70.8 Å². The van der Waals surface area contributed by atoms with Gasteiger partial charge in [0.05, 0.1) is 53.8 Å². The Kier molecular flexibility index (Phi) is 24.9. The highest BCUT2D eigenvalue weighted by molar-refractivity contribution is 14.1. The summed E-state index contributed by atoms with van der Waals surface area (Å²) in [6.45, 7) is 23.2. The van der Waals surface area contributed by atoms with Crippen LogP contribution in [0.2, 0.25) is 0 Å². The lowest BCUT2D eigenvalue weighted by Gasteiger charge is -2.51. The molecule has 73 heavy (non-hydrogen) atoms. The topological polar surface area (TPSA) is 200 Å². The Morgan fingerprint density at radius 2 is 1.77 bits per heavy atom. The van der Waals surface area contributed by atoms with Crippen molar-refractivity contribution in [1.29, 1.82) is 0 Å². The third kappa shape index (κ3) is 17.0. The fourth-order valence-electron chi connectivity index (χ4n) is 10.8. The van der Waals surface area contributed by atoms with Crippen molar-refractivity contribution in [2.24, 2.45) is 23.7 Å². The van der Waals surface area contributed by atoms with Gasteiger partial charge in [-0.1, -0.05) is 57.7 Å². The molecular formula is C54H91FIN5O12. The maximum atomic E-state index is 14.8. The molecule has 4 N–H and O–H groups in total. The number of hydrogen-bond donors (Lipinski definition) is 4. The number of carbonyl (C=O) groups is 1. The number of aliphatic hydroxyl groups is 4. The SMILES string of the molecule is C=CCOc1ccc([C@@H](OC)[C@@H](CF)n2cc(CCN(C)[C@@H]3C[C@H](O[C@H]([C@@H](C)[C@H](C4C[C@@](C)(OC)[C@@H](O)[C@H](C)O4)[C@@H](C)C(=O)O[C@@H](C)CC)[C@@](O)(I)C[C@@H](C)CN(C)[C@H](C)[C@@H](O)C(C)O)O[C@H](C)C3)nn2)cc1. The number of benzene rings is 1. The maximum Gasteiger partial charge on any atom is 0.309 e. The van der Waals surface area contributed by atoms with Crippen LogP contribution in [-0.2, 0) is 39.6 Å². The summed E-state index contributed by atoms with van der Waals surface area (Å²) in [5.74, 6) is -1.72. The Hall–Kier alpha value is -2.41. The second-order valence-corrected chi connectivity index (χ2v) is 23.4. The Labute approximate surface area is 448 Å². The second kappa shape index (κ2) is 28.8. The van der Waals surface area contributed by atoms with Gasteiger partial charge >= 0.3 is 5.97 Å². The minimum Gasteiger partial charge on any atom is -0.490 e. The number of halogens is 2. The number of hydrogen-bond acceptors (Lipinski definition) is 16. The molecule has 418 valence electrons. The van der Waals surface area contributed by atoms with Crippen LogP contribution in [0.1, 0.15) is 125 Å². The van der Waals surface area contributed by atoms with Gasteiger partial charge in [-0.05, 0) is 127 Å². The summed E-state index contributed by atoms with van der Waals surface area (Å²) in [6.07, 6.45) is -0.609. The molecule has 0 spiro atoms. The fraction of sp³-hybridized carbons (Fsp3) is 0.796. The second-order valence-electron chi connectivity index (χ2n) is 21.5. The minimum atomic E-state index is -1.54. The van der Waals surface area contributed by atoms with Crippen LogP contribution in [0, 0.1) is 23.7 Å². The molecule has 0 bridgehead atoms. The molecular weight excluding hydrogens is 1060 g/mol. The van der Waals surface area contributed by atoms with E-state index in [2.05, 4.69) is 44.4 Å². The number of nitrogens with zero attached hydrogens (tertiary/aromatic N) is 5. The molecule has 4 rings (SSSR count). The molecule has 17 nitrogen and oxygen atoms in total. The molecule has 0 aliphatic carbocycles. The van der Waals surface area contributed by atoms with E-state index in [1.165, 1.54) is 4.68 Å². The van der Waals surface area contributed by atoms with Crippen molar-refractivity contribution in [3.05, 3.63) is 54.4 Å². The molecule has 1 aromatic heterocycles. The van der Waals surface area contributed by atoms with Gasteiger partial charge < -0.3 is 63.4 Å². The predicted molar refractivity (Wildman–Crippen MR) is 286 cm³/mol. The molecule has 0 radical (unpaired) electrons. The summed E-state index contributed by atoms with van der Waals surface area (Å²) in [7, 11) is 7.04. The van der Waals surface area contributed by atoms with E-state index < -0.39 is 94.7 Å². The van der Waals surface area contributed by atoms with E-state index >= 15 is 0 Å². The van der Waals surface area contributed by atoms with E-state index in [9.17, 15) is 29.6 Å². The van der Waals surface area contributed by atoms with Crippen LogP contribution in [0.3, 0.4) is 0 Å². The molecule has 2 unspecified atom stereocenters. The normalized spacial score (nSPS) is 28.2. The number of aromatic nitrogens is 3. The van der Waals surface area contributed by atoms with Gasteiger partial charge in [0.1, 0.15) is 47.0 Å². The highest BCUT2D eigenvalue weighted by atomic mass is 127. The summed E-state index contributed by atoms with van der Waals surface area (Å²) in [5, 5.41) is 53.9. The molecule has 2 aliphatic rings. The third-order valence-electron chi connectivity index (χ3n) is 15.6. The van der Waals surface area contributed by atoms with Crippen molar-refractivity contribution in [1.82, 2.24) is 24.8 Å². The Bertz CT molecular complexity index is 1950. The van der Waals surface area contributed by atoms with Gasteiger partial charge in [-0.15, -0.1) is 5.10 Å². The van der Waals surface area contributed by atoms with Crippen molar-refractivity contribution in [2.45, 2.75) is 196 Å².